The molecule has 0 amide bonds. The molecule has 0 atom stereocenters. The van der Waals surface area contributed by atoms with Gasteiger partial charge in [0.2, 0.25) is 0 Å². The number of rotatable bonds is 3. The Morgan fingerprint density at radius 3 is 2.80 bits per heavy atom. The van der Waals surface area contributed by atoms with Gasteiger partial charge in [0.05, 0.1) is 0 Å². The lowest BCUT2D eigenvalue weighted by molar-refractivity contribution is -0.153. The number of carboxylic acid groups (broad SMARTS) is 1. The number of ketones is 1. The molecule has 0 spiro atoms. The van der Waals surface area contributed by atoms with Crippen LogP contribution in [0.25, 0.3) is 0 Å². The SMILES string of the molecule is CCn1ccnc1C1(C(=O)O)CC(=O)C1. The number of carbonyl (C=O) groups excluding carboxylic acids is 1. The number of hydrogen-bond acceptors (Lipinski definition) is 3. The maximum absolute atomic E-state index is 11.2. The first-order chi connectivity index (χ1) is 7.10. The van der Waals surface area contributed by atoms with Gasteiger partial charge in [-0.1, -0.05) is 0 Å². The molecule has 1 aliphatic rings. The minimum Gasteiger partial charge on any atom is -0.480 e. The van der Waals surface area contributed by atoms with Gasteiger partial charge in [-0.15, -0.1) is 0 Å². The van der Waals surface area contributed by atoms with Crippen molar-refractivity contribution in [3.05, 3.63) is 18.2 Å². The zero-order chi connectivity index (χ0) is 11.1. The average Bonchev–Trinajstić information content (AvgIpc) is 2.59. The summed E-state index contributed by atoms with van der Waals surface area (Å²) in [4.78, 5) is 26.3. The molecule has 0 radical (unpaired) electrons. The summed E-state index contributed by atoms with van der Waals surface area (Å²) in [7, 11) is 0. The average molecular weight is 208 g/mol. The van der Waals surface area contributed by atoms with E-state index in [2.05, 4.69) is 4.98 Å². The van der Waals surface area contributed by atoms with Crippen molar-refractivity contribution in [2.24, 2.45) is 0 Å². The number of hydrogen-bond donors (Lipinski definition) is 1. The third-order valence-corrected chi connectivity index (χ3v) is 2.89. The molecule has 80 valence electrons. The molecule has 5 nitrogen and oxygen atoms in total. The second-order valence-corrected chi connectivity index (χ2v) is 3.82. The van der Waals surface area contributed by atoms with Gasteiger partial charge in [-0.3, -0.25) is 9.59 Å². The molecule has 2 rings (SSSR count). The second-order valence-electron chi connectivity index (χ2n) is 3.82. The van der Waals surface area contributed by atoms with E-state index in [-0.39, 0.29) is 18.6 Å². The van der Waals surface area contributed by atoms with Crippen molar-refractivity contribution in [1.29, 1.82) is 0 Å². The molecule has 0 bridgehead atoms. The smallest absolute Gasteiger partial charge is 0.318 e. The topological polar surface area (TPSA) is 72.2 Å². The van der Waals surface area contributed by atoms with Crippen molar-refractivity contribution in [2.75, 3.05) is 0 Å². The molecule has 5 heteroatoms. The Labute approximate surface area is 86.7 Å². The van der Waals surface area contributed by atoms with E-state index in [0.29, 0.717) is 12.4 Å². The molecular formula is C10H12N2O3. The first-order valence-corrected chi connectivity index (χ1v) is 4.87. The van der Waals surface area contributed by atoms with E-state index in [1.54, 1.807) is 17.0 Å². The summed E-state index contributed by atoms with van der Waals surface area (Å²) in [5.41, 5.74) is -1.07. The molecule has 0 aliphatic heterocycles. The van der Waals surface area contributed by atoms with E-state index in [1.165, 1.54) is 0 Å². The van der Waals surface area contributed by atoms with Crippen molar-refractivity contribution in [3.63, 3.8) is 0 Å². The zero-order valence-corrected chi connectivity index (χ0v) is 8.43. The van der Waals surface area contributed by atoms with Crippen molar-refractivity contribution in [1.82, 2.24) is 9.55 Å². The molecule has 1 aromatic heterocycles. The molecule has 1 fully saturated rings. The molecule has 0 saturated heterocycles. The molecule has 1 N–H and O–H groups in total. The minimum absolute atomic E-state index is 0.0111. The van der Waals surface area contributed by atoms with E-state index in [4.69, 9.17) is 0 Å². The highest BCUT2D eigenvalue weighted by molar-refractivity contribution is 6.00. The van der Waals surface area contributed by atoms with E-state index in [0.717, 1.165) is 0 Å². The van der Waals surface area contributed by atoms with Gasteiger partial charge in [-0.25, -0.2) is 4.98 Å². The Kier molecular flexibility index (Phi) is 2.10. The van der Waals surface area contributed by atoms with Crippen LogP contribution in [0, 0.1) is 0 Å². The Balaban J connectivity index is 2.43. The van der Waals surface area contributed by atoms with Crippen LogP contribution in [0.3, 0.4) is 0 Å². The first-order valence-electron chi connectivity index (χ1n) is 4.87. The fraction of sp³-hybridized carbons (Fsp3) is 0.500. The van der Waals surface area contributed by atoms with Crippen LogP contribution < -0.4 is 0 Å². The van der Waals surface area contributed by atoms with Crippen LogP contribution in [-0.2, 0) is 21.5 Å². The normalized spacial score (nSPS) is 18.6. The van der Waals surface area contributed by atoms with Crippen molar-refractivity contribution in [2.45, 2.75) is 31.7 Å². The molecular weight excluding hydrogens is 196 g/mol. The summed E-state index contributed by atoms with van der Waals surface area (Å²) in [6.07, 6.45) is 3.45. The Morgan fingerprint density at radius 1 is 1.67 bits per heavy atom. The van der Waals surface area contributed by atoms with Crippen LogP contribution in [0.2, 0.25) is 0 Å². The third kappa shape index (κ3) is 1.26. The maximum Gasteiger partial charge on any atom is 0.318 e. The monoisotopic (exact) mass is 208 g/mol. The third-order valence-electron chi connectivity index (χ3n) is 2.89. The standard InChI is InChI=1S/C10H12N2O3/c1-2-12-4-3-11-8(12)10(9(14)15)5-7(13)6-10/h3-4H,2,5-6H2,1H3,(H,14,15). The number of carbonyl (C=O) groups is 2. The predicted molar refractivity (Wildman–Crippen MR) is 51.5 cm³/mol. The van der Waals surface area contributed by atoms with Gasteiger partial charge in [-0.05, 0) is 6.92 Å². The Hall–Kier alpha value is -1.65. The molecule has 0 unspecified atom stereocenters. The van der Waals surface area contributed by atoms with E-state index in [9.17, 15) is 14.7 Å². The van der Waals surface area contributed by atoms with E-state index >= 15 is 0 Å². The van der Waals surface area contributed by atoms with E-state index in [1.807, 2.05) is 6.92 Å². The molecule has 1 heterocycles. The lowest BCUT2D eigenvalue weighted by atomic mass is 9.67. The van der Waals surface area contributed by atoms with Crippen LogP contribution in [0.4, 0.5) is 0 Å². The lowest BCUT2D eigenvalue weighted by Crippen LogP contribution is -2.50. The van der Waals surface area contributed by atoms with Crippen LogP contribution in [0.15, 0.2) is 12.4 Å². The highest BCUT2D eigenvalue weighted by atomic mass is 16.4. The number of aliphatic carboxylic acids is 1. The number of nitrogens with zero attached hydrogens (tertiary/aromatic N) is 2. The zero-order valence-electron chi connectivity index (χ0n) is 8.43. The number of imidazole rings is 1. The van der Waals surface area contributed by atoms with Crippen molar-refractivity contribution in [3.8, 4) is 0 Å². The van der Waals surface area contributed by atoms with Crippen LogP contribution >= 0.6 is 0 Å². The maximum atomic E-state index is 11.2. The van der Waals surface area contributed by atoms with Crippen molar-refractivity contribution >= 4 is 11.8 Å². The summed E-state index contributed by atoms with van der Waals surface area (Å²) in [6.45, 7) is 2.58. The first kappa shape index (κ1) is 9.89. The molecule has 15 heavy (non-hydrogen) atoms. The summed E-state index contributed by atoms with van der Waals surface area (Å²) in [6, 6.07) is 0. The fourth-order valence-electron chi connectivity index (χ4n) is 2.01. The predicted octanol–water partition coefficient (Wildman–Crippen LogP) is 0.588. The minimum atomic E-state index is -1.07. The number of aryl methyl sites for hydroxylation is 1. The molecule has 1 aromatic rings. The van der Waals surface area contributed by atoms with E-state index < -0.39 is 11.4 Å². The van der Waals surface area contributed by atoms with Gasteiger partial charge >= 0.3 is 5.97 Å². The summed E-state index contributed by atoms with van der Waals surface area (Å²) < 4.78 is 1.78. The summed E-state index contributed by atoms with van der Waals surface area (Å²) in [5, 5.41) is 9.19. The van der Waals surface area contributed by atoms with Crippen LogP contribution in [0.1, 0.15) is 25.6 Å². The number of carboxylic acids is 1. The lowest BCUT2D eigenvalue weighted by Gasteiger charge is -2.35. The molecule has 0 aromatic carbocycles. The quantitative estimate of drug-likeness (QED) is 0.789. The summed E-state index contributed by atoms with van der Waals surface area (Å²) in [5.74, 6) is -0.469. The highest BCUT2D eigenvalue weighted by Crippen LogP contribution is 2.40. The van der Waals surface area contributed by atoms with Gasteiger partial charge in [0.25, 0.3) is 0 Å². The second kappa shape index (κ2) is 3.18. The molecule has 1 saturated carbocycles. The van der Waals surface area contributed by atoms with Crippen molar-refractivity contribution < 1.29 is 14.7 Å². The van der Waals surface area contributed by atoms with Gasteiger partial charge < -0.3 is 9.67 Å². The van der Waals surface area contributed by atoms with Crippen LogP contribution in [0.5, 0.6) is 0 Å². The van der Waals surface area contributed by atoms with Gasteiger partial charge in [0.15, 0.2) is 0 Å². The Morgan fingerprint density at radius 2 is 2.33 bits per heavy atom. The summed E-state index contributed by atoms with van der Waals surface area (Å²) >= 11 is 0. The van der Waals surface area contributed by atoms with Gasteiger partial charge in [-0.2, -0.15) is 0 Å². The fourth-order valence-corrected chi connectivity index (χ4v) is 2.01. The van der Waals surface area contributed by atoms with Crippen LogP contribution in [-0.4, -0.2) is 26.4 Å². The highest BCUT2D eigenvalue weighted by Gasteiger charge is 2.54. The number of aromatic nitrogens is 2. The molecule has 1 aliphatic carbocycles. The largest absolute Gasteiger partial charge is 0.480 e. The number of Topliss-reactive ketones (excluding diaryl/α,β-unsaturated/α-hetero) is 1. The van der Waals surface area contributed by atoms with Gasteiger partial charge in [0.1, 0.15) is 17.0 Å². The van der Waals surface area contributed by atoms with Gasteiger partial charge in [0, 0.05) is 31.8 Å². The Bertz CT molecular complexity index is 414.